The molecule has 21 heavy (non-hydrogen) atoms. The van der Waals surface area contributed by atoms with E-state index in [0.717, 1.165) is 5.69 Å². The normalized spacial score (nSPS) is 13.3. The molecule has 0 spiro atoms. The molecule has 0 saturated carbocycles. The van der Waals surface area contributed by atoms with Crippen LogP contribution in [-0.2, 0) is 6.54 Å². The van der Waals surface area contributed by atoms with Gasteiger partial charge in [0.15, 0.2) is 5.76 Å². The van der Waals surface area contributed by atoms with Crippen LogP contribution in [0.15, 0.2) is 10.6 Å². The number of amides is 2. The van der Waals surface area contributed by atoms with Crippen molar-refractivity contribution in [3.63, 3.8) is 0 Å². The van der Waals surface area contributed by atoms with Crippen LogP contribution >= 0.6 is 0 Å². The van der Waals surface area contributed by atoms with Gasteiger partial charge >= 0.3 is 6.03 Å². The van der Waals surface area contributed by atoms with Gasteiger partial charge < -0.3 is 20.3 Å². The van der Waals surface area contributed by atoms with Gasteiger partial charge in [-0.05, 0) is 17.8 Å². The maximum Gasteiger partial charge on any atom is 0.315 e. The summed E-state index contributed by atoms with van der Waals surface area (Å²) >= 11 is 0. The fourth-order valence-electron chi connectivity index (χ4n) is 1.99. The number of nitrogens with zero attached hydrogens (tertiary/aromatic N) is 1. The predicted octanol–water partition coefficient (Wildman–Crippen LogP) is 2.39. The number of rotatable bonds is 6. The number of carbonyl (C=O) groups excluding carboxylic acids is 1. The van der Waals surface area contributed by atoms with Crippen LogP contribution in [0.25, 0.3) is 0 Å². The Bertz CT molecular complexity index is 449. The van der Waals surface area contributed by atoms with Crippen molar-refractivity contribution in [1.82, 2.24) is 15.8 Å². The van der Waals surface area contributed by atoms with Gasteiger partial charge in [0, 0.05) is 6.07 Å². The molecule has 1 aromatic rings. The van der Waals surface area contributed by atoms with Crippen molar-refractivity contribution >= 4 is 6.03 Å². The molecule has 1 aromatic heterocycles. The summed E-state index contributed by atoms with van der Waals surface area (Å²) in [6.45, 7) is 10.5. The summed E-state index contributed by atoms with van der Waals surface area (Å²) < 4.78 is 5.15. The number of aromatic nitrogens is 1. The highest BCUT2D eigenvalue weighted by atomic mass is 16.5. The van der Waals surface area contributed by atoms with Crippen LogP contribution in [0.2, 0.25) is 0 Å². The number of carbonyl (C=O) groups is 1. The lowest BCUT2D eigenvalue weighted by Gasteiger charge is -2.25. The fraction of sp³-hybridized carbons (Fsp3) is 0.733. The summed E-state index contributed by atoms with van der Waals surface area (Å²) in [4.78, 5) is 11.8. The highest BCUT2D eigenvalue weighted by molar-refractivity contribution is 5.74. The Labute approximate surface area is 126 Å². The van der Waals surface area contributed by atoms with E-state index in [0.29, 0.717) is 18.1 Å². The Kier molecular flexibility index (Phi) is 6.20. The fourth-order valence-corrected chi connectivity index (χ4v) is 1.99. The maximum atomic E-state index is 11.8. The summed E-state index contributed by atoms with van der Waals surface area (Å²) in [5.41, 5.74) is 0.908. The lowest BCUT2D eigenvalue weighted by molar-refractivity contribution is 0.190. The minimum atomic E-state index is -0.319. The van der Waals surface area contributed by atoms with Crippen molar-refractivity contribution in [2.24, 2.45) is 5.41 Å². The van der Waals surface area contributed by atoms with E-state index in [1.807, 2.05) is 19.9 Å². The Morgan fingerprint density at radius 2 is 2.10 bits per heavy atom. The van der Waals surface area contributed by atoms with Gasteiger partial charge in [0.25, 0.3) is 0 Å². The molecule has 0 fully saturated rings. The molecule has 0 aliphatic rings. The molecule has 6 heteroatoms. The number of nitrogens with one attached hydrogen (secondary N) is 2. The third-order valence-electron chi connectivity index (χ3n) is 3.01. The average Bonchev–Trinajstić information content (AvgIpc) is 2.82. The van der Waals surface area contributed by atoms with Gasteiger partial charge in [-0.15, -0.1) is 0 Å². The number of urea groups is 1. The van der Waals surface area contributed by atoms with Crippen LogP contribution in [-0.4, -0.2) is 28.9 Å². The second-order valence-corrected chi connectivity index (χ2v) is 6.84. The topological polar surface area (TPSA) is 87.4 Å². The van der Waals surface area contributed by atoms with Gasteiger partial charge in [0.05, 0.1) is 24.9 Å². The lowest BCUT2D eigenvalue weighted by atomic mass is 9.88. The van der Waals surface area contributed by atoms with Crippen LogP contribution in [0.4, 0.5) is 4.79 Å². The van der Waals surface area contributed by atoms with Crippen molar-refractivity contribution in [1.29, 1.82) is 0 Å². The monoisotopic (exact) mass is 297 g/mol. The van der Waals surface area contributed by atoms with Crippen molar-refractivity contribution in [2.45, 2.75) is 59.5 Å². The zero-order valence-corrected chi connectivity index (χ0v) is 13.6. The highest BCUT2D eigenvalue weighted by Crippen LogP contribution is 2.20. The minimum Gasteiger partial charge on any atom is -0.394 e. The van der Waals surface area contributed by atoms with Gasteiger partial charge in [-0.2, -0.15) is 0 Å². The predicted molar refractivity (Wildman–Crippen MR) is 80.9 cm³/mol. The number of aliphatic hydroxyl groups excluding tert-OH is 1. The van der Waals surface area contributed by atoms with Crippen LogP contribution in [0.1, 0.15) is 58.4 Å². The lowest BCUT2D eigenvalue weighted by Crippen LogP contribution is -2.45. The van der Waals surface area contributed by atoms with Gasteiger partial charge in [0.2, 0.25) is 0 Å². The third-order valence-corrected chi connectivity index (χ3v) is 3.01. The van der Waals surface area contributed by atoms with E-state index < -0.39 is 0 Å². The van der Waals surface area contributed by atoms with Crippen molar-refractivity contribution < 1.29 is 14.4 Å². The molecule has 120 valence electrons. The molecule has 0 aliphatic carbocycles. The molecule has 6 nitrogen and oxygen atoms in total. The standard InChI is InChI=1S/C15H27N3O3/c1-10(2)13-6-12(21-18-13)8-16-14(20)17-11(9-19)7-15(3,4)5/h6,10-11,19H,7-9H2,1-5H3,(H2,16,17,20). The molecule has 2 amide bonds. The Morgan fingerprint density at radius 1 is 1.43 bits per heavy atom. The van der Waals surface area contributed by atoms with E-state index in [-0.39, 0.29) is 30.6 Å². The first-order valence-corrected chi connectivity index (χ1v) is 7.32. The summed E-state index contributed by atoms with van der Waals surface area (Å²) in [7, 11) is 0. The molecule has 1 unspecified atom stereocenters. The zero-order chi connectivity index (χ0) is 16.0. The molecule has 1 rings (SSSR count). The molecular formula is C15H27N3O3. The summed E-state index contributed by atoms with van der Waals surface area (Å²) in [5.74, 6) is 0.909. The van der Waals surface area contributed by atoms with Gasteiger partial charge in [-0.1, -0.05) is 39.8 Å². The van der Waals surface area contributed by atoms with Crippen molar-refractivity contribution in [3.8, 4) is 0 Å². The molecule has 1 atom stereocenters. The SMILES string of the molecule is CC(C)c1cc(CNC(=O)NC(CO)CC(C)(C)C)on1. The molecule has 0 aliphatic heterocycles. The summed E-state index contributed by atoms with van der Waals surface area (Å²) in [5, 5.41) is 18.7. The van der Waals surface area contributed by atoms with E-state index in [1.165, 1.54) is 0 Å². The smallest absolute Gasteiger partial charge is 0.315 e. The maximum absolute atomic E-state index is 11.8. The quantitative estimate of drug-likeness (QED) is 0.752. The molecule has 0 bridgehead atoms. The van der Waals surface area contributed by atoms with Crippen LogP contribution in [0.5, 0.6) is 0 Å². The van der Waals surface area contributed by atoms with E-state index in [2.05, 4.69) is 36.6 Å². The molecule has 0 radical (unpaired) electrons. The summed E-state index contributed by atoms with van der Waals surface area (Å²) in [6.07, 6.45) is 0.705. The first-order valence-electron chi connectivity index (χ1n) is 7.32. The first-order chi connectivity index (χ1) is 9.71. The Balaban J connectivity index is 2.42. The number of aliphatic hydroxyl groups is 1. The zero-order valence-electron chi connectivity index (χ0n) is 13.6. The molecule has 3 N–H and O–H groups in total. The molecule has 0 saturated heterocycles. The van der Waals surface area contributed by atoms with Crippen LogP contribution in [0, 0.1) is 5.41 Å². The van der Waals surface area contributed by atoms with Crippen molar-refractivity contribution in [2.75, 3.05) is 6.61 Å². The second kappa shape index (κ2) is 7.45. The third kappa shape index (κ3) is 6.62. The van der Waals surface area contributed by atoms with E-state index in [9.17, 15) is 9.90 Å². The van der Waals surface area contributed by atoms with Gasteiger partial charge in [-0.3, -0.25) is 0 Å². The van der Waals surface area contributed by atoms with E-state index >= 15 is 0 Å². The molecule has 1 heterocycles. The van der Waals surface area contributed by atoms with Gasteiger partial charge in [-0.25, -0.2) is 4.79 Å². The van der Waals surface area contributed by atoms with Crippen LogP contribution < -0.4 is 10.6 Å². The number of hydrogen-bond acceptors (Lipinski definition) is 4. The van der Waals surface area contributed by atoms with Crippen LogP contribution in [0.3, 0.4) is 0 Å². The molecular weight excluding hydrogens is 270 g/mol. The van der Waals surface area contributed by atoms with Gasteiger partial charge in [0.1, 0.15) is 0 Å². The summed E-state index contributed by atoms with van der Waals surface area (Å²) in [6, 6.07) is 1.26. The van der Waals surface area contributed by atoms with Crippen molar-refractivity contribution in [3.05, 3.63) is 17.5 Å². The first kappa shape index (κ1) is 17.5. The van der Waals surface area contributed by atoms with E-state index in [4.69, 9.17) is 4.52 Å². The highest BCUT2D eigenvalue weighted by Gasteiger charge is 2.19. The minimum absolute atomic E-state index is 0.0395. The average molecular weight is 297 g/mol. The number of hydrogen-bond donors (Lipinski definition) is 3. The van der Waals surface area contributed by atoms with E-state index in [1.54, 1.807) is 0 Å². The molecule has 0 aromatic carbocycles. The largest absolute Gasteiger partial charge is 0.394 e. The Morgan fingerprint density at radius 3 is 2.57 bits per heavy atom. The Hall–Kier alpha value is -1.56. The second-order valence-electron chi connectivity index (χ2n) is 6.84.